The largest absolute Gasteiger partial charge is 0.408 e. The lowest BCUT2D eigenvalue weighted by atomic mass is 9.41. The van der Waals surface area contributed by atoms with E-state index in [1.165, 1.54) is 12.1 Å². The van der Waals surface area contributed by atoms with Crippen molar-refractivity contribution in [3.8, 4) is 0 Å². The smallest absolute Gasteiger partial charge is 0.315 e. The number of anilines is 2. The summed E-state index contributed by atoms with van der Waals surface area (Å²) in [6.07, 6.45) is 2.84. The van der Waals surface area contributed by atoms with E-state index in [0.717, 1.165) is 19.3 Å². The topological polar surface area (TPSA) is 110 Å². The van der Waals surface area contributed by atoms with Crippen LogP contribution in [-0.2, 0) is 19.7 Å². The summed E-state index contributed by atoms with van der Waals surface area (Å²) >= 11 is 0. The van der Waals surface area contributed by atoms with Gasteiger partial charge >= 0.3 is 6.01 Å². The first-order valence-electron chi connectivity index (χ1n) is 11.5. The molecular weight excluding hydrogens is 448 g/mol. The van der Waals surface area contributed by atoms with Gasteiger partial charge in [-0.15, -0.1) is 5.10 Å². The maximum atomic E-state index is 14.9. The summed E-state index contributed by atoms with van der Waals surface area (Å²) in [5, 5.41) is 13.7. The number of imide groups is 1. The fourth-order valence-electron chi connectivity index (χ4n) is 5.95. The van der Waals surface area contributed by atoms with E-state index >= 15 is 0 Å². The second-order valence-electron chi connectivity index (χ2n) is 10.1. The number of nitrogens with zero attached hydrogens (tertiary/aromatic N) is 3. The number of halogens is 2. The van der Waals surface area contributed by atoms with Crippen LogP contribution in [-0.4, -0.2) is 53.4 Å². The van der Waals surface area contributed by atoms with Crippen LogP contribution in [0.2, 0.25) is 0 Å². The van der Waals surface area contributed by atoms with Crippen LogP contribution in [0.1, 0.15) is 56.4 Å². The molecule has 7 rings (SSSR count). The number of hydrogen-bond donors (Lipinski definition) is 2. The van der Waals surface area contributed by atoms with Crippen molar-refractivity contribution in [3.05, 3.63) is 35.2 Å². The lowest BCUT2D eigenvalue weighted by Gasteiger charge is -2.67. The molecule has 0 radical (unpaired) electrons. The number of nitrogens with one attached hydrogen (secondary N) is 2. The van der Waals surface area contributed by atoms with Crippen molar-refractivity contribution in [2.75, 3.05) is 23.9 Å². The van der Waals surface area contributed by atoms with Gasteiger partial charge < -0.3 is 19.4 Å². The van der Waals surface area contributed by atoms with Gasteiger partial charge in [0.2, 0.25) is 17.7 Å². The van der Waals surface area contributed by atoms with Crippen LogP contribution >= 0.6 is 0 Å². The third-order valence-corrected chi connectivity index (χ3v) is 8.05. The summed E-state index contributed by atoms with van der Waals surface area (Å²) in [6, 6.07) is 2.71. The highest BCUT2D eigenvalue weighted by Gasteiger charge is 2.72. The number of benzene rings is 1. The summed E-state index contributed by atoms with van der Waals surface area (Å²) in [5.74, 6) is -3.06. The van der Waals surface area contributed by atoms with E-state index in [1.807, 2.05) is 11.8 Å². The summed E-state index contributed by atoms with van der Waals surface area (Å²) < 4.78 is 41.1. The molecule has 180 valence electrons. The maximum Gasteiger partial charge on any atom is 0.315 e. The van der Waals surface area contributed by atoms with Gasteiger partial charge in [0.05, 0.1) is 23.0 Å². The fraction of sp³-hybridized carbons (Fsp3) is 0.565. The number of ether oxygens (including phenoxy) is 1. The minimum Gasteiger partial charge on any atom is -0.408 e. The molecule has 1 aromatic carbocycles. The number of carbonyl (C=O) groups excluding carboxylic acids is 2. The minimum absolute atomic E-state index is 0.0106. The number of methoxy groups -OCH3 is 1. The lowest BCUT2D eigenvalue weighted by Crippen LogP contribution is -2.70. The summed E-state index contributed by atoms with van der Waals surface area (Å²) in [6.45, 7) is 2.43. The molecule has 1 aromatic heterocycles. The normalized spacial score (nSPS) is 34.1. The summed E-state index contributed by atoms with van der Waals surface area (Å²) in [4.78, 5) is 25.3. The van der Waals surface area contributed by atoms with Gasteiger partial charge in [0.1, 0.15) is 11.6 Å². The first-order chi connectivity index (χ1) is 16.2. The molecule has 3 aliphatic carbocycles. The second kappa shape index (κ2) is 7.21. The Labute approximate surface area is 194 Å². The van der Waals surface area contributed by atoms with Crippen LogP contribution in [0.4, 0.5) is 20.5 Å². The molecule has 2 N–H and O–H groups in total. The van der Waals surface area contributed by atoms with E-state index in [9.17, 15) is 18.4 Å². The number of piperidine rings is 1. The molecule has 2 aliphatic heterocycles. The number of aromatic nitrogens is 2. The number of rotatable bonds is 6. The molecule has 5 fully saturated rings. The average molecular weight is 473 g/mol. The molecule has 11 heteroatoms. The zero-order valence-electron chi connectivity index (χ0n) is 18.9. The molecule has 5 aliphatic rings. The molecule has 2 amide bonds. The summed E-state index contributed by atoms with van der Waals surface area (Å²) in [7, 11) is 1.73. The average Bonchev–Trinajstić information content (AvgIpc) is 3.18. The number of amides is 2. The van der Waals surface area contributed by atoms with Gasteiger partial charge in [-0.05, 0) is 44.7 Å². The Bertz CT molecular complexity index is 1160. The van der Waals surface area contributed by atoms with Crippen molar-refractivity contribution in [2.24, 2.45) is 0 Å². The summed E-state index contributed by atoms with van der Waals surface area (Å²) in [5.41, 5.74) is 0.0310. The van der Waals surface area contributed by atoms with E-state index in [-0.39, 0.29) is 41.5 Å². The fourth-order valence-corrected chi connectivity index (χ4v) is 5.95. The minimum atomic E-state index is -1.01. The van der Waals surface area contributed by atoms with Gasteiger partial charge in [-0.1, -0.05) is 5.10 Å². The first kappa shape index (κ1) is 21.5. The molecular formula is C23H25F2N5O4. The molecule has 3 atom stereocenters. The molecule has 9 nitrogen and oxygen atoms in total. The van der Waals surface area contributed by atoms with Gasteiger partial charge in [0, 0.05) is 37.4 Å². The predicted molar refractivity (Wildman–Crippen MR) is 115 cm³/mol. The second-order valence-corrected chi connectivity index (χ2v) is 10.1. The molecule has 3 heterocycles. The van der Waals surface area contributed by atoms with Crippen LogP contribution in [0, 0.1) is 11.6 Å². The maximum absolute atomic E-state index is 14.9. The Hall–Kier alpha value is -3.08. The molecule has 0 spiro atoms. The van der Waals surface area contributed by atoms with Gasteiger partial charge in [0.25, 0.3) is 0 Å². The van der Waals surface area contributed by atoms with E-state index in [0.29, 0.717) is 24.1 Å². The molecule has 2 saturated heterocycles. The molecule has 2 bridgehead atoms. The Morgan fingerprint density at radius 3 is 2.53 bits per heavy atom. The van der Waals surface area contributed by atoms with Crippen molar-refractivity contribution in [1.29, 1.82) is 0 Å². The van der Waals surface area contributed by atoms with Crippen molar-refractivity contribution >= 4 is 23.5 Å². The zero-order chi connectivity index (χ0) is 23.8. The van der Waals surface area contributed by atoms with Crippen LogP contribution in [0.15, 0.2) is 16.5 Å². The van der Waals surface area contributed by atoms with Crippen molar-refractivity contribution in [3.63, 3.8) is 0 Å². The predicted octanol–water partition coefficient (Wildman–Crippen LogP) is 2.38. The Balaban J connectivity index is 1.11. The van der Waals surface area contributed by atoms with E-state index in [1.54, 1.807) is 7.11 Å². The molecule has 1 unspecified atom stereocenters. The van der Waals surface area contributed by atoms with E-state index < -0.39 is 29.4 Å². The Morgan fingerprint density at radius 1 is 1.21 bits per heavy atom. The van der Waals surface area contributed by atoms with Crippen LogP contribution < -0.4 is 15.5 Å². The lowest BCUT2D eigenvalue weighted by molar-refractivity contribution is -0.239. The highest BCUT2D eigenvalue weighted by Crippen LogP contribution is 2.69. The molecule has 2 aromatic rings. The molecule has 3 saturated carbocycles. The van der Waals surface area contributed by atoms with Crippen molar-refractivity contribution in [1.82, 2.24) is 15.5 Å². The van der Waals surface area contributed by atoms with Crippen LogP contribution in [0.3, 0.4) is 0 Å². The van der Waals surface area contributed by atoms with Gasteiger partial charge in [-0.2, -0.15) is 0 Å². The van der Waals surface area contributed by atoms with E-state index in [2.05, 4.69) is 20.8 Å². The third-order valence-electron chi connectivity index (χ3n) is 8.05. The number of carbonyl (C=O) groups is 2. The highest BCUT2D eigenvalue weighted by atomic mass is 19.1. The Kier molecular flexibility index (Phi) is 4.55. The highest BCUT2D eigenvalue weighted by molar-refractivity contribution is 6.01. The zero-order valence-corrected chi connectivity index (χ0v) is 18.9. The van der Waals surface area contributed by atoms with E-state index in [4.69, 9.17) is 9.15 Å². The van der Waals surface area contributed by atoms with Gasteiger partial charge in [-0.3, -0.25) is 14.9 Å². The van der Waals surface area contributed by atoms with Gasteiger partial charge in [-0.25, -0.2) is 8.78 Å². The SMILES string of the molecule is COC12CC(c3nnc(N[C@H]4CN(c5cc(F)c(C6CCC(=O)NC6=O)c(F)c5)[C@@H]4C)o3)(C1)C2. The molecule has 34 heavy (non-hydrogen) atoms. The monoisotopic (exact) mass is 473 g/mol. The Morgan fingerprint density at radius 2 is 1.91 bits per heavy atom. The quantitative estimate of drug-likeness (QED) is 0.616. The van der Waals surface area contributed by atoms with Crippen LogP contribution in [0.5, 0.6) is 0 Å². The number of hydrogen-bond acceptors (Lipinski definition) is 8. The standard InChI is InChI=1S/C23H25F2N5O4/c1-11-16(26-21-29-28-20(34-21)22-8-23(9-22,10-22)33-2)7-30(11)12-5-14(24)18(15(25)6-12)13-3-4-17(31)27-19(13)32/h5-6,11,13,16H,3-4,7-10H2,1-2H3,(H,26,29)(H,27,31,32)/t11-,13?,16+,22?,23?/m1/s1. The van der Waals surface area contributed by atoms with Crippen molar-refractivity contribution < 1.29 is 27.5 Å². The van der Waals surface area contributed by atoms with Crippen LogP contribution in [0.25, 0.3) is 0 Å². The third kappa shape index (κ3) is 3.05. The van der Waals surface area contributed by atoms with Crippen molar-refractivity contribution in [2.45, 2.75) is 68.0 Å². The van der Waals surface area contributed by atoms with Gasteiger partial charge in [0.15, 0.2) is 0 Å². The first-order valence-corrected chi connectivity index (χ1v) is 11.5.